The molecule has 1 aliphatic carbocycles. The number of carbonyl (C=O) groups is 1. The molecule has 0 radical (unpaired) electrons. The van der Waals surface area contributed by atoms with Gasteiger partial charge in [0.2, 0.25) is 5.91 Å². The van der Waals surface area contributed by atoms with E-state index < -0.39 is 0 Å². The van der Waals surface area contributed by atoms with Gasteiger partial charge in [-0.15, -0.1) is 0 Å². The maximum Gasteiger partial charge on any atom is 0.247 e. The van der Waals surface area contributed by atoms with Gasteiger partial charge in [-0.3, -0.25) is 9.63 Å². The Morgan fingerprint density at radius 1 is 1.33 bits per heavy atom. The molecule has 0 aromatic heterocycles. The normalized spacial score (nSPS) is 28.1. The highest BCUT2D eigenvalue weighted by molar-refractivity contribution is 5.78. The summed E-state index contributed by atoms with van der Waals surface area (Å²) in [7, 11) is 0. The van der Waals surface area contributed by atoms with E-state index in [4.69, 9.17) is 10.6 Å². The number of rotatable bonds is 4. The molecule has 0 spiro atoms. The Balaban J connectivity index is 1.88. The smallest absolute Gasteiger partial charge is 0.247 e. The van der Waals surface area contributed by atoms with Crippen molar-refractivity contribution in [3.8, 4) is 0 Å². The molecular weight excluding hydrogens is 264 g/mol. The minimum absolute atomic E-state index is 0.0327. The number of carbonyl (C=O) groups excluding carboxylic acids is 1. The van der Waals surface area contributed by atoms with E-state index in [9.17, 15) is 4.79 Å². The van der Waals surface area contributed by atoms with Gasteiger partial charge in [0.25, 0.3) is 0 Å². The lowest BCUT2D eigenvalue weighted by molar-refractivity contribution is -0.146. The summed E-state index contributed by atoms with van der Waals surface area (Å²) < 4.78 is 0. The molecule has 3 atom stereocenters. The van der Waals surface area contributed by atoms with Crippen LogP contribution in [-0.2, 0) is 16.2 Å². The fourth-order valence-electron chi connectivity index (χ4n) is 3.16. The van der Waals surface area contributed by atoms with Gasteiger partial charge in [0.15, 0.2) is 0 Å². The predicted octanol–water partition coefficient (Wildman–Crippen LogP) is 2.63. The summed E-state index contributed by atoms with van der Waals surface area (Å²) in [6.07, 6.45) is 1.71. The van der Waals surface area contributed by atoms with Crippen LogP contribution in [0, 0.1) is 17.3 Å². The SMILES string of the molecule is CC1C(N)CCC(C(=O)NOCc2ccccc2)C1(C)C. The van der Waals surface area contributed by atoms with Crippen molar-refractivity contribution in [2.75, 3.05) is 0 Å². The number of nitrogens with two attached hydrogens (primary N) is 1. The first-order valence-electron chi connectivity index (χ1n) is 7.64. The second-order valence-corrected chi connectivity index (χ2v) is 6.64. The van der Waals surface area contributed by atoms with E-state index in [0.29, 0.717) is 12.5 Å². The van der Waals surface area contributed by atoms with E-state index >= 15 is 0 Å². The Morgan fingerprint density at radius 2 is 2.00 bits per heavy atom. The Hall–Kier alpha value is -1.39. The first kappa shape index (κ1) is 16.0. The molecule has 1 saturated carbocycles. The second-order valence-electron chi connectivity index (χ2n) is 6.64. The average molecular weight is 290 g/mol. The maximum absolute atomic E-state index is 12.4. The van der Waals surface area contributed by atoms with E-state index in [0.717, 1.165) is 18.4 Å². The number of benzene rings is 1. The summed E-state index contributed by atoms with van der Waals surface area (Å²) >= 11 is 0. The van der Waals surface area contributed by atoms with Crippen LogP contribution in [0.2, 0.25) is 0 Å². The van der Waals surface area contributed by atoms with Crippen LogP contribution in [0.3, 0.4) is 0 Å². The van der Waals surface area contributed by atoms with Crippen molar-refractivity contribution in [3.63, 3.8) is 0 Å². The van der Waals surface area contributed by atoms with Crippen LogP contribution in [0.1, 0.15) is 39.2 Å². The molecule has 1 amide bonds. The van der Waals surface area contributed by atoms with E-state index in [2.05, 4.69) is 26.3 Å². The summed E-state index contributed by atoms with van der Waals surface area (Å²) in [6, 6.07) is 9.98. The Kier molecular flexibility index (Phi) is 5.01. The van der Waals surface area contributed by atoms with Crippen LogP contribution >= 0.6 is 0 Å². The average Bonchev–Trinajstić information content (AvgIpc) is 2.46. The zero-order valence-electron chi connectivity index (χ0n) is 13.1. The summed E-state index contributed by atoms with van der Waals surface area (Å²) in [5, 5.41) is 0. The Labute approximate surface area is 127 Å². The molecule has 0 saturated heterocycles. The lowest BCUT2D eigenvalue weighted by Gasteiger charge is -2.45. The van der Waals surface area contributed by atoms with Crippen molar-refractivity contribution in [1.82, 2.24) is 5.48 Å². The lowest BCUT2D eigenvalue weighted by Crippen LogP contribution is -2.51. The molecule has 4 heteroatoms. The molecule has 0 heterocycles. The Bertz CT molecular complexity index is 473. The monoisotopic (exact) mass is 290 g/mol. The number of amides is 1. The minimum atomic E-state index is -0.113. The van der Waals surface area contributed by atoms with Gasteiger partial charge in [-0.05, 0) is 29.7 Å². The molecule has 116 valence electrons. The molecule has 3 N–H and O–H groups in total. The van der Waals surface area contributed by atoms with Crippen LogP contribution in [0.4, 0.5) is 0 Å². The molecule has 1 fully saturated rings. The molecule has 21 heavy (non-hydrogen) atoms. The molecule has 3 unspecified atom stereocenters. The van der Waals surface area contributed by atoms with Gasteiger partial charge in [-0.1, -0.05) is 51.1 Å². The van der Waals surface area contributed by atoms with Gasteiger partial charge in [0.05, 0.1) is 6.61 Å². The zero-order chi connectivity index (χ0) is 15.5. The van der Waals surface area contributed by atoms with Gasteiger partial charge < -0.3 is 5.73 Å². The van der Waals surface area contributed by atoms with Crippen LogP contribution < -0.4 is 11.2 Å². The molecule has 1 aliphatic rings. The molecule has 2 rings (SSSR count). The van der Waals surface area contributed by atoms with E-state index in [1.54, 1.807) is 0 Å². The molecule has 1 aromatic rings. The molecular formula is C17H26N2O2. The third kappa shape index (κ3) is 3.63. The summed E-state index contributed by atoms with van der Waals surface area (Å²) in [5.41, 5.74) is 9.67. The van der Waals surface area contributed by atoms with Crippen molar-refractivity contribution >= 4 is 5.91 Å². The maximum atomic E-state index is 12.4. The number of hydroxylamine groups is 1. The van der Waals surface area contributed by atoms with Crippen molar-refractivity contribution in [3.05, 3.63) is 35.9 Å². The van der Waals surface area contributed by atoms with Gasteiger partial charge in [-0.2, -0.15) is 0 Å². The largest absolute Gasteiger partial charge is 0.327 e. The quantitative estimate of drug-likeness (QED) is 0.838. The van der Waals surface area contributed by atoms with Crippen LogP contribution in [0.5, 0.6) is 0 Å². The van der Waals surface area contributed by atoms with Gasteiger partial charge in [0.1, 0.15) is 0 Å². The standard InChI is InChI=1S/C17H26N2O2/c1-12-15(18)10-9-14(17(12,2)3)16(20)19-21-11-13-7-5-4-6-8-13/h4-8,12,14-15H,9-11,18H2,1-3H3,(H,19,20). The highest BCUT2D eigenvalue weighted by Gasteiger charge is 2.45. The van der Waals surface area contributed by atoms with Gasteiger partial charge >= 0.3 is 0 Å². The van der Waals surface area contributed by atoms with Gasteiger partial charge in [0, 0.05) is 12.0 Å². The Morgan fingerprint density at radius 3 is 2.67 bits per heavy atom. The van der Waals surface area contributed by atoms with E-state index in [1.807, 2.05) is 30.3 Å². The predicted molar refractivity (Wildman–Crippen MR) is 83.0 cm³/mol. The second kappa shape index (κ2) is 6.58. The van der Waals surface area contributed by atoms with Crippen LogP contribution in [0.15, 0.2) is 30.3 Å². The molecule has 0 aliphatic heterocycles. The molecule has 0 bridgehead atoms. The first-order valence-corrected chi connectivity index (χ1v) is 7.64. The summed E-state index contributed by atoms with van der Waals surface area (Å²) in [5.74, 6) is 0.230. The minimum Gasteiger partial charge on any atom is -0.327 e. The fraction of sp³-hybridized carbons (Fsp3) is 0.588. The van der Waals surface area contributed by atoms with Crippen LogP contribution in [-0.4, -0.2) is 11.9 Å². The number of hydrogen-bond acceptors (Lipinski definition) is 3. The third-order valence-electron chi connectivity index (χ3n) is 5.07. The lowest BCUT2D eigenvalue weighted by atomic mass is 9.61. The van der Waals surface area contributed by atoms with E-state index in [1.165, 1.54) is 0 Å². The number of nitrogens with one attached hydrogen (secondary N) is 1. The summed E-state index contributed by atoms with van der Waals surface area (Å²) in [4.78, 5) is 17.7. The van der Waals surface area contributed by atoms with E-state index in [-0.39, 0.29) is 23.3 Å². The van der Waals surface area contributed by atoms with Crippen molar-refractivity contribution < 1.29 is 9.63 Å². The van der Waals surface area contributed by atoms with Crippen molar-refractivity contribution in [2.24, 2.45) is 23.0 Å². The first-order chi connectivity index (χ1) is 9.93. The highest BCUT2D eigenvalue weighted by atomic mass is 16.6. The van der Waals surface area contributed by atoms with Crippen molar-refractivity contribution in [2.45, 2.75) is 46.3 Å². The zero-order valence-corrected chi connectivity index (χ0v) is 13.1. The summed E-state index contributed by atoms with van der Waals surface area (Å²) in [6.45, 7) is 6.76. The molecule has 1 aromatic carbocycles. The third-order valence-corrected chi connectivity index (χ3v) is 5.07. The van der Waals surface area contributed by atoms with Crippen molar-refractivity contribution in [1.29, 1.82) is 0 Å². The fourth-order valence-corrected chi connectivity index (χ4v) is 3.16. The van der Waals surface area contributed by atoms with Crippen LogP contribution in [0.25, 0.3) is 0 Å². The highest BCUT2D eigenvalue weighted by Crippen LogP contribution is 2.44. The topological polar surface area (TPSA) is 64.4 Å². The number of hydrogen-bond donors (Lipinski definition) is 2. The van der Waals surface area contributed by atoms with Gasteiger partial charge in [-0.25, -0.2) is 5.48 Å². The molecule has 4 nitrogen and oxygen atoms in total.